The molecule has 0 rings (SSSR count). The van der Waals surface area contributed by atoms with Gasteiger partial charge in [-0.3, -0.25) is 4.79 Å². The number of allylic oxidation sites excluding steroid dienone is 2. The molecule has 3 nitrogen and oxygen atoms in total. The lowest BCUT2D eigenvalue weighted by Crippen LogP contribution is -2.09. The summed E-state index contributed by atoms with van der Waals surface area (Å²) in [4.78, 5) is 11.5. The Balaban J connectivity index is 4.05. The van der Waals surface area contributed by atoms with Crippen LogP contribution in [0.1, 0.15) is 46.5 Å². The Morgan fingerprint density at radius 1 is 1.12 bits per heavy atom. The van der Waals surface area contributed by atoms with Crippen molar-refractivity contribution in [2.45, 2.75) is 46.5 Å². The molecule has 0 spiro atoms. The van der Waals surface area contributed by atoms with E-state index in [0.29, 0.717) is 12.8 Å². The van der Waals surface area contributed by atoms with Gasteiger partial charge in [-0.15, -0.1) is 0 Å². The van der Waals surface area contributed by atoms with Crippen molar-refractivity contribution < 1.29 is 13.2 Å². The van der Waals surface area contributed by atoms with E-state index in [1.165, 1.54) is 0 Å². The maximum atomic E-state index is 11.5. The van der Waals surface area contributed by atoms with Crippen molar-refractivity contribution in [2.24, 2.45) is 0 Å². The predicted molar refractivity (Wildman–Crippen MR) is 67.2 cm³/mol. The standard InChI is InChI=1S/C12H22O3S/c1-4-11(5-2)10-12(13)8-7-9-16(14,15)6-3/h10H,4-9H2,1-3H3. The number of carbonyl (C=O) groups excluding carboxylic acids is 1. The van der Waals surface area contributed by atoms with Crippen LogP contribution < -0.4 is 0 Å². The van der Waals surface area contributed by atoms with Crippen LogP contribution in [0.5, 0.6) is 0 Å². The molecule has 0 aliphatic rings. The third-order valence-electron chi connectivity index (χ3n) is 2.59. The summed E-state index contributed by atoms with van der Waals surface area (Å²) in [5, 5.41) is 0. The second kappa shape index (κ2) is 7.60. The van der Waals surface area contributed by atoms with E-state index in [1.807, 2.05) is 13.8 Å². The van der Waals surface area contributed by atoms with Gasteiger partial charge in [-0.05, 0) is 25.3 Å². The van der Waals surface area contributed by atoms with E-state index in [9.17, 15) is 13.2 Å². The van der Waals surface area contributed by atoms with Crippen molar-refractivity contribution in [3.05, 3.63) is 11.6 Å². The highest BCUT2D eigenvalue weighted by molar-refractivity contribution is 7.91. The summed E-state index contributed by atoms with van der Waals surface area (Å²) in [6.07, 6.45) is 4.21. The molecule has 4 heteroatoms. The van der Waals surface area contributed by atoms with E-state index < -0.39 is 9.84 Å². The van der Waals surface area contributed by atoms with E-state index >= 15 is 0 Å². The average molecular weight is 246 g/mol. The first-order valence-electron chi connectivity index (χ1n) is 5.87. The molecule has 0 aromatic heterocycles. The molecule has 0 amide bonds. The molecule has 0 fully saturated rings. The Labute approximate surface area is 98.9 Å². The van der Waals surface area contributed by atoms with Gasteiger partial charge in [0.2, 0.25) is 0 Å². The topological polar surface area (TPSA) is 51.2 Å². The zero-order valence-corrected chi connectivity index (χ0v) is 11.3. The first kappa shape index (κ1) is 15.4. The molecule has 0 atom stereocenters. The molecule has 0 saturated heterocycles. The van der Waals surface area contributed by atoms with Gasteiger partial charge < -0.3 is 0 Å². The largest absolute Gasteiger partial charge is 0.295 e. The monoisotopic (exact) mass is 246 g/mol. The normalized spacial score (nSPS) is 11.2. The summed E-state index contributed by atoms with van der Waals surface area (Å²) in [7, 11) is -2.93. The van der Waals surface area contributed by atoms with Crippen LogP contribution in [0, 0.1) is 0 Å². The molecule has 0 aromatic rings. The molecular formula is C12H22O3S. The van der Waals surface area contributed by atoms with Crippen LogP contribution in [0.2, 0.25) is 0 Å². The number of hydrogen-bond donors (Lipinski definition) is 0. The van der Waals surface area contributed by atoms with Gasteiger partial charge in [0.05, 0.1) is 5.75 Å². The number of sulfone groups is 1. The molecule has 0 saturated carbocycles. The van der Waals surface area contributed by atoms with Gasteiger partial charge in [0.25, 0.3) is 0 Å². The zero-order chi connectivity index (χ0) is 12.6. The third kappa shape index (κ3) is 6.77. The minimum Gasteiger partial charge on any atom is -0.295 e. The molecule has 0 aliphatic heterocycles. The molecule has 0 aromatic carbocycles. The second-order valence-electron chi connectivity index (χ2n) is 3.82. The van der Waals surface area contributed by atoms with Crippen molar-refractivity contribution >= 4 is 15.6 Å². The highest BCUT2D eigenvalue weighted by Crippen LogP contribution is 2.07. The van der Waals surface area contributed by atoms with Gasteiger partial charge in [0.1, 0.15) is 9.84 Å². The van der Waals surface area contributed by atoms with Gasteiger partial charge in [-0.2, -0.15) is 0 Å². The maximum Gasteiger partial charge on any atom is 0.155 e. The molecule has 16 heavy (non-hydrogen) atoms. The Bertz CT molecular complexity index is 333. The SMILES string of the molecule is CCC(=CC(=O)CCCS(=O)(=O)CC)CC. The Kier molecular flexibility index (Phi) is 7.30. The van der Waals surface area contributed by atoms with Crippen LogP contribution in [0.25, 0.3) is 0 Å². The van der Waals surface area contributed by atoms with E-state index in [0.717, 1.165) is 18.4 Å². The number of hydrogen-bond acceptors (Lipinski definition) is 3. The van der Waals surface area contributed by atoms with Crippen molar-refractivity contribution in [3.63, 3.8) is 0 Å². The summed E-state index contributed by atoms with van der Waals surface area (Å²) in [5.74, 6) is 0.327. The highest BCUT2D eigenvalue weighted by Gasteiger charge is 2.08. The lowest BCUT2D eigenvalue weighted by Gasteiger charge is -2.01. The first-order valence-corrected chi connectivity index (χ1v) is 7.70. The lowest BCUT2D eigenvalue weighted by atomic mass is 10.1. The number of ketones is 1. The maximum absolute atomic E-state index is 11.5. The van der Waals surface area contributed by atoms with Crippen molar-refractivity contribution in [1.82, 2.24) is 0 Å². The number of rotatable bonds is 8. The third-order valence-corrected chi connectivity index (χ3v) is 4.38. The van der Waals surface area contributed by atoms with Crippen LogP contribution in [0.3, 0.4) is 0 Å². The molecule has 0 radical (unpaired) electrons. The molecule has 0 N–H and O–H groups in total. The van der Waals surface area contributed by atoms with Crippen molar-refractivity contribution in [3.8, 4) is 0 Å². The van der Waals surface area contributed by atoms with Crippen LogP contribution >= 0.6 is 0 Å². The fourth-order valence-electron chi connectivity index (χ4n) is 1.36. The summed E-state index contributed by atoms with van der Waals surface area (Å²) in [5.41, 5.74) is 1.13. The Hall–Kier alpha value is -0.640. The van der Waals surface area contributed by atoms with Crippen LogP contribution in [0.4, 0.5) is 0 Å². The fraction of sp³-hybridized carbons (Fsp3) is 0.750. The molecular weight excluding hydrogens is 224 g/mol. The smallest absolute Gasteiger partial charge is 0.155 e. The minimum atomic E-state index is -2.93. The summed E-state index contributed by atoms with van der Waals surface area (Å²) < 4.78 is 22.4. The second-order valence-corrected chi connectivity index (χ2v) is 6.29. The van der Waals surface area contributed by atoms with Gasteiger partial charge in [0, 0.05) is 12.2 Å². The van der Waals surface area contributed by atoms with E-state index in [-0.39, 0.29) is 17.3 Å². The Morgan fingerprint density at radius 3 is 2.12 bits per heavy atom. The Morgan fingerprint density at radius 2 is 1.69 bits per heavy atom. The molecule has 0 unspecified atom stereocenters. The predicted octanol–water partition coefficient (Wildman–Crippen LogP) is 2.52. The van der Waals surface area contributed by atoms with Gasteiger partial charge in [-0.1, -0.05) is 26.3 Å². The van der Waals surface area contributed by atoms with Gasteiger partial charge in [0.15, 0.2) is 5.78 Å². The van der Waals surface area contributed by atoms with E-state index in [2.05, 4.69) is 0 Å². The van der Waals surface area contributed by atoms with Gasteiger partial charge >= 0.3 is 0 Å². The quantitative estimate of drug-likeness (QED) is 0.618. The van der Waals surface area contributed by atoms with Crippen LogP contribution in [0.15, 0.2) is 11.6 Å². The van der Waals surface area contributed by atoms with E-state index in [1.54, 1.807) is 13.0 Å². The highest BCUT2D eigenvalue weighted by atomic mass is 32.2. The van der Waals surface area contributed by atoms with Gasteiger partial charge in [-0.25, -0.2) is 8.42 Å². The zero-order valence-electron chi connectivity index (χ0n) is 10.5. The summed E-state index contributed by atoms with van der Waals surface area (Å²) in [6.45, 7) is 5.66. The molecule has 0 aliphatic carbocycles. The summed E-state index contributed by atoms with van der Waals surface area (Å²) >= 11 is 0. The van der Waals surface area contributed by atoms with Crippen molar-refractivity contribution in [1.29, 1.82) is 0 Å². The fourth-order valence-corrected chi connectivity index (χ4v) is 2.24. The lowest BCUT2D eigenvalue weighted by molar-refractivity contribution is -0.114. The molecule has 0 heterocycles. The van der Waals surface area contributed by atoms with E-state index in [4.69, 9.17) is 0 Å². The van der Waals surface area contributed by atoms with Crippen LogP contribution in [-0.2, 0) is 14.6 Å². The minimum absolute atomic E-state index is 0.0463. The first-order chi connectivity index (χ1) is 7.45. The number of carbonyl (C=O) groups is 1. The van der Waals surface area contributed by atoms with Crippen molar-refractivity contribution in [2.75, 3.05) is 11.5 Å². The molecule has 0 bridgehead atoms. The molecule has 94 valence electrons. The average Bonchev–Trinajstić information content (AvgIpc) is 2.25. The summed E-state index contributed by atoms with van der Waals surface area (Å²) in [6, 6.07) is 0. The van der Waals surface area contributed by atoms with Crippen LogP contribution in [-0.4, -0.2) is 25.7 Å².